The van der Waals surface area contributed by atoms with E-state index < -0.39 is 0 Å². The number of carbonyl (C=O) groups is 1. The number of phenols is 1. The Kier molecular flexibility index (Phi) is 5.23. The Morgan fingerprint density at radius 1 is 1.20 bits per heavy atom. The van der Waals surface area contributed by atoms with Gasteiger partial charge in [0.2, 0.25) is 5.91 Å². The number of hydrogen-bond acceptors (Lipinski definition) is 3. The number of methoxy groups -OCH3 is 1. The van der Waals surface area contributed by atoms with E-state index in [0.29, 0.717) is 17.7 Å². The van der Waals surface area contributed by atoms with Crippen LogP contribution in [0.25, 0.3) is 10.9 Å². The van der Waals surface area contributed by atoms with E-state index in [9.17, 15) is 9.90 Å². The topological polar surface area (TPSA) is 74.3 Å². The van der Waals surface area contributed by atoms with Gasteiger partial charge in [-0.3, -0.25) is 4.79 Å². The first-order chi connectivity index (χ1) is 12.2. The number of para-hydroxylation sites is 1. The smallest absolute Gasteiger partial charge is 0.220 e. The summed E-state index contributed by atoms with van der Waals surface area (Å²) in [7, 11) is 1.57. The third-order valence-electron chi connectivity index (χ3n) is 4.29. The largest absolute Gasteiger partial charge is 0.508 e. The van der Waals surface area contributed by atoms with Crippen LogP contribution >= 0.6 is 0 Å². The van der Waals surface area contributed by atoms with Crippen LogP contribution in [0.15, 0.2) is 48.7 Å². The number of amides is 1. The summed E-state index contributed by atoms with van der Waals surface area (Å²) in [6, 6.07) is 13.1. The Hall–Kier alpha value is -2.95. The number of aromatic nitrogens is 1. The average Bonchev–Trinajstić information content (AvgIpc) is 3.04. The Bertz CT molecular complexity index is 870. The quantitative estimate of drug-likeness (QED) is 0.617. The number of aromatic amines is 1. The van der Waals surface area contributed by atoms with E-state index in [1.165, 1.54) is 10.9 Å². The third kappa shape index (κ3) is 4.12. The summed E-state index contributed by atoms with van der Waals surface area (Å²) in [4.78, 5) is 15.3. The van der Waals surface area contributed by atoms with Gasteiger partial charge < -0.3 is 20.1 Å². The van der Waals surface area contributed by atoms with Crippen molar-refractivity contribution in [2.24, 2.45) is 0 Å². The van der Waals surface area contributed by atoms with Crippen molar-refractivity contribution in [3.05, 3.63) is 59.8 Å². The van der Waals surface area contributed by atoms with Gasteiger partial charge in [-0.25, -0.2) is 0 Å². The normalized spacial score (nSPS) is 10.8. The van der Waals surface area contributed by atoms with Gasteiger partial charge in [-0.05, 0) is 42.7 Å². The minimum absolute atomic E-state index is 0.0259. The molecule has 5 nitrogen and oxygen atoms in total. The number of benzene rings is 2. The molecule has 1 amide bonds. The number of nitrogens with one attached hydrogen (secondary N) is 2. The lowest BCUT2D eigenvalue weighted by molar-refractivity contribution is -0.121. The molecule has 3 rings (SSSR count). The van der Waals surface area contributed by atoms with E-state index >= 15 is 0 Å². The fourth-order valence-electron chi connectivity index (χ4n) is 2.89. The molecule has 0 saturated heterocycles. The van der Waals surface area contributed by atoms with Gasteiger partial charge in [0.15, 0.2) is 0 Å². The molecule has 0 bridgehead atoms. The number of aromatic hydroxyl groups is 1. The number of aryl methyl sites for hydroxylation is 1. The van der Waals surface area contributed by atoms with Gasteiger partial charge in [-0.2, -0.15) is 0 Å². The maximum absolute atomic E-state index is 12.0. The van der Waals surface area contributed by atoms with Crippen LogP contribution in [0.1, 0.15) is 24.0 Å². The highest BCUT2D eigenvalue weighted by Gasteiger charge is 2.08. The molecule has 2 aromatic carbocycles. The van der Waals surface area contributed by atoms with Gasteiger partial charge in [0, 0.05) is 35.6 Å². The lowest BCUT2D eigenvalue weighted by atomic mass is 10.1. The molecule has 0 radical (unpaired) electrons. The predicted octanol–water partition coefficient (Wildman–Crippen LogP) is 3.52. The molecule has 1 aromatic heterocycles. The Morgan fingerprint density at radius 2 is 2.04 bits per heavy atom. The zero-order valence-electron chi connectivity index (χ0n) is 14.2. The van der Waals surface area contributed by atoms with Gasteiger partial charge in [0.05, 0.1) is 7.11 Å². The highest BCUT2D eigenvalue weighted by Crippen LogP contribution is 2.23. The minimum Gasteiger partial charge on any atom is -0.508 e. The van der Waals surface area contributed by atoms with Crippen LogP contribution in [0.5, 0.6) is 11.5 Å². The van der Waals surface area contributed by atoms with Crippen molar-refractivity contribution in [3.63, 3.8) is 0 Å². The van der Waals surface area contributed by atoms with Crippen molar-refractivity contribution in [1.29, 1.82) is 0 Å². The van der Waals surface area contributed by atoms with E-state index in [1.807, 2.05) is 24.4 Å². The number of ether oxygens (including phenoxy) is 1. The molecule has 0 spiro atoms. The highest BCUT2D eigenvalue weighted by molar-refractivity contribution is 5.83. The third-order valence-corrected chi connectivity index (χ3v) is 4.29. The van der Waals surface area contributed by atoms with Crippen molar-refractivity contribution >= 4 is 16.8 Å². The van der Waals surface area contributed by atoms with E-state index in [-0.39, 0.29) is 18.2 Å². The number of fused-ring (bicyclic) bond motifs is 1. The van der Waals surface area contributed by atoms with E-state index in [0.717, 1.165) is 18.4 Å². The number of phenolic OH excluding ortho intramolecular Hbond substituents is 1. The second-order valence-corrected chi connectivity index (χ2v) is 5.98. The Morgan fingerprint density at radius 3 is 2.88 bits per heavy atom. The molecule has 0 atom stereocenters. The standard InChI is InChI=1S/C20H22N2O3/c1-25-16-9-10-19(23)15(11-16)13-22-20(24)8-4-5-14-12-21-18-7-3-2-6-17(14)18/h2-3,6-7,9-12,21,23H,4-5,8,13H2,1H3,(H,22,24). The Balaban J connectivity index is 1.48. The summed E-state index contributed by atoms with van der Waals surface area (Å²) in [6.07, 6.45) is 4.08. The van der Waals surface area contributed by atoms with Crippen molar-refractivity contribution in [2.45, 2.75) is 25.8 Å². The van der Waals surface area contributed by atoms with Crippen molar-refractivity contribution in [2.75, 3.05) is 7.11 Å². The maximum atomic E-state index is 12.0. The molecule has 0 fully saturated rings. The van der Waals surface area contributed by atoms with E-state index in [2.05, 4.69) is 16.4 Å². The van der Waals surface area contributed by atoms with Gasteiger partial charge >= 0.3 is 0 Å². The SMILES string of the molecule is COc1ccc(O)c(CNC(=O)CCCc2c[nH]c3ccccc23)c1. The summed E-state index contributed by atoms with van der Waals surface area (Å²) in [6.45, 7) is 0.287. The molecule has 5 heteroatoms. The van der Waals surface area contributed by atoms with Gasteiger partial charge in [0.1, 0.15) is 11.5 Å². The Labute approximate surface area is 146 Å². The number of hydrogen-bond donors (Lipinski definition) is 3. The van der Waals surface area contributed by atoms with Crippen LogP contribution < -0.4 is 10.1 Å². The second-order valence-electron chi connectivity index (χ2n) is 5.98. The summed E-state index contributed by atoms with van der Waals surface area (Å²) in [5, 5.41) is 13.9. The van der Waals surface area contributed by atoms with Crippen LogP contribution in [0.2, 0.25) is 0 Å². The lowest BCUT2D eigenvalue weighted by Gasteiger charge is -2.09. The maximum Gasteiger partial charge on any atom is 0.220 e. The molecule has 0 unspecified atom stereocenters. The second kappa shape index (κ2) is 7.75. The van der Waals surface area contributed by atoms with Crippen molar-refractivity contribution in [3.8, 4) is 11.5 Å². The first kappa shape index (κ1) is 16.9. The molecule has 0 aliphatic heterocycles. The lowest BCUT2D eigenvalue weighted by Crippen LogP contribution is -2.22. The first-order valence-electron chi connectivity index (χ1n) is 8.35. The molecule has 0 aliphatic carbocycles. The summed E-state index contributed by atoms with van der Waals surface area (Å²) in [5.74, 6) is 0.781. The number of carbonyl (C=O) groups excluding carboxylic acids is 1. The molecule has 0 aliphatic rings. The van der Waals surface area contributed by atoms with Crippen LogP contribution in [-0.4, -0.2) is 23.1 Å². The molecule has 3 N–H and O–H groups in total. The summed E-state index contributed by atoms with van der Waals surface area (Å²) >= 11 is 0. The molecule has 0 saturated carbocycles. The van der Waals surface area contributed by atoms with Crippen molar-refractivity contribution in [1.82, 2.24) is 10.3 Å². The number of rotatable bonds is 7. The average molecular weight is 338 g/mol. The molecule has 25 heavy (non-hydrogen) atoms. The molecule has 130 valence electrons. The highest BCUT2D eigenvalue weighted by atomic mass is 16.5. The van der Waals surface area contributed by atoms with Gasteiger partial charge in [-0.15, -0.1) is 0 Å². The molecular weight excluding hydrogens is 316 g/mol. The zero-order chi connectivity index (χ0) is 17.6. The van der Waals surface area contributed by atoms with Crippen molar-refractivity contribution < 1.29 is 14.6 Å². The van der Waals surface area contributed by atoms with Crippen LogP contribution in [0, 0.1) is 0 Å². The monoisotopic (exact) mass is 338 g/mol. The molecule has 1 heterocycles. The van der Waals surface area contributed by atoms with Gasteiger partial charge in [0.25, 0.3) is 0 Å². The zero-order valence-corrected chi connectivity index (χ0v) is 14.2. The summed E-state index contributed by atoms with van der Waals surface area (Å²) in [5.41, 5.74) is 2.99. The summed E-state index contributed by atoms with van der Waals surface area (Å²) < 4.78 is 5.13. The number of H-pyrrole nitrogens is 1. The predicted molar refractivity (Wildman–Crippen MR) is 97.7 cm³/mol. The van der Waals surface area contributed by atoms with Gasteiger partial charge in [-0.1, -0.05) is 18.2 Å². The van der Waals surface area contributed by atoms with Crippen LogP contribution in [-0.2, 0) is 17.8 Å². The van der Waals surface area contributed by atoms with Crippen LogP contribution in [0.3, 0.4) is 0 Å². The minimum atomic E-state index is -0.0259. The fraction of sp³-hybridized carbons (Fsp3) is 0.250. The molecular formula is C20H22N2O3. The van der Waals surface area contributed by atoms with Crippen LogP contribution in [0.4, 0.5) is 0 Å². The van der Waals surface area contributed by atoms with E-state index in [4.69, 9.17) is 4.74 Å². The van der Waals surface area contributed by atoms with E-state index in [1.54, 1.807) is 25.3 Å². The fourth-order valence-corrected chi connectivity index (χ4v) is 2.89. The molecule has 3 aromatic rings. The first-order valence-corrected chi connectivity index (χ1v) is 8.35.